The Balaban J connectivity index is 1.58. The first-order chi connectivity index (χ1) is 27.5. The number of carbonyl (C=O) groups is 4. The molecule has 0 bridgehead atoms. The van der Waals surface area contributed by atoms with Crippen LogP contribution in [0.4, 0.5) is 17.6 Å². The fourth-order valence-corrected chi connectivity index (χ4v) is 4.23. The maximum Gasteiger partial charge on any atom is 0.422 e. The van der Waals surface area contributed by atoms with Crippen molar-refractivity contribution in [1.82, 2.24) is 0 Å². The van der Waals surface area contributed by atoms with Gasteiger partial charge in [0.2, 0.25) is 5.83 Å². The number of carbonyl (C=O) groups excluding carboxylic acids is 4. The largest absolute Gasteiger partial charge is 0.490 e. The number of hydrogen-bond acceptors (Lipinski definition) is 9. The van der Waals surface area contributed by atoms with Crippen molar-refractivity contribution in [2.75, 3.05) is 6.61 Å². The summed E-state index contributed by atoms with van der Waals surface area (Å²) in [5.41, 5.74) is -0.222. The minimum absolute atomic E-state index is 0.0430. The first kappa shape index (κ1) is 42.8. The van der Waals surface area contributed by atoms with Crippen molar-refractivity contribution in [3.63, 3.8) is 0 Å². The van der Waals surface area contributed by atoms with Crippen molar-refractivity contribution in [3.05, 3.63) is 168 Å². The second-order valence-electron chi connectivity index (χ2n) is 11.6. The minimum atomic E-state index is -5.12. The summed E-state index contributed by atoms with van der Waals surface area (Å²) >= 11 is 0. The molecule has 0 amide bonds. The average Bonchev–Trinajstić information content (AvgIpc) is 3.19. The SMILES string of the molecule is C=CC(=O)Oc1cc(C#Cc2ccc(OC/C=C/c3ccc(OC(=O)C(=C)C)cc3)cc2)cc(OC(=O)C(=C)C(F)(F)F)c1C#Cc1ccc(OC(=O)C(=C)F)cc1. The molecule has 292 valence electrons. The van der Waals surface area contributed by atoms with Gasteiger partial charge in [-0.1, -0.05) is 68.2 Å². The standard InChI is InChI=1S/C45H30F4O9/c1-6-41(50)57-39-26-34(10-9-32-11-18-35(19-12-32)54-25-7-8-31-13-20-36(21-14-31)55-42(51)28(2)3)27-40(58-43(52)29(4)45(47,48)49)38(39)24-17-33-15-22-37(23-16-33)56-44(53)30(5)46/h6-8,11-16,18-23,26-27H,1-2,4-5,25H2,3H3/b8-7+. The number of benzene rings is 4. The van der Waals surface area contributed by atoms with Gasteiger partial charge >= 0.3 is 30.1 Å². The minimum Gasteiger partial charge on any atom is -0.490 e. The second-order valence-corrected chi connectivity index (χ2v) is 11.6. The van der Waals surface area contributed by atoms with E-state index in [0.29, 0.717) is 17.1 Å². The molecule has 0 heterocycles. The smallest absolute Gasteiger partial charge is 0.422 e. The number of hydrogen-bond donors (Lipinski definition) is 0. The molecule has 0 aliphatic heterocycles. The summed E-state index contributed by atoms with van der Waals surface area (Å²) in [5.74, 6) is 4.97. The van der Waals surface area contributed by atoms with Crippen LogP contribution in [0.1, 0.15) is 34.7 Å². The van der Waals surface area contributed by atoms with Gasteiger partial charge in [-0.2, -0.15) is 17.6 Å². The molecule has 0 N–H and O–H groups in total. The fraction of sp³-hybridized carbons (Fsp3) is 0.0667. The van der Waals surface area contributed by atoms with E-state index in [0.717, 1.165) is 17.7 Å². The van der Waals surface area contributed by atoms with Crippen molar-refractivity contribution in [1.29, 1.82) is 0 Å². The number of alkyl halides is 3. The molecule has 0 aromatic heterocycles. The number of esters is 4. The zero-order valence-corrected chi connectivity index (χ0v) is 30.5. The highest BCUT2D eigenvalue weighted by molar-refractivity contribution is 5.92. The molecule has 4 aromatic rings. The van der Waals surface area contributed by atoms with E-state index in [1.54, 1.807) is 61.5 Å². The van der Waals surface area contributed by atoms with Gasteiger partial charge in [-0.25, -0.2) is 19.2 Å². The van der Waals surface area contributed by atoms with Crippen LogP contribution in [-0.2, 0) is 19.2 Å². The predicted octanol–water partition coefficient (Wildman–Crippen LogP) is 8.56. The van der Waals surface area contributed by atoms with E-state index in [2.05, 4.69) is 50.0 Å². The Hall–Kier alpha value is -7.90. The predicted molar refractivity (Wildman–Crippen MR) is 205 cm³/mol. The molecule has 4 rings (SSSR count). The molecule has 0 atom stereocenters. The summed E-state index contributed by atoms with van der Waals surface area (Å²) in [5, 5.41) is 0. The molecule has 0 fully saturated rings. The summed E-state index contributed by atoms with van der Waals surface area (Å²) in [6.45, 7) is 14.3. The molecule has 0 radical (unpaired) electrons. The first-order valence-corrected chi connectivity index (χ1v) is 16.6. The van der Waals surface area contributed by atoms with Crippen LogP contribution in [-0.4, -0.2) is 36.7 Å². The highest BCUT2D eigenvalue weighted by atomic mass is 19.4. The second kappa shape index (κ2) is 19.6. The van der Waals surface area contributed by atoms with Gasteiger partial charge < -0.3 is 23.7 Å². The Morgan fingerprint density at radius 3 is 1.69 bits per heavy atom. The van der Waals surface area contributed by atoms with Gasteiger partial charge in [0.05, 0.1) is 0 Å². The Labute approximate surface area is 330 Å². The van der Waals surface area contributed by atoms with Crippen LogP contribution in [0, 0.1) is 23.7 Å². The molecular formula is C45H30F4O9. The van der Waals surface area contributed by atoms with E-state index in [4.69, 9.17) is 23.7 Å². The summed E-state index contributed by atoms with van der Waals surface area (Å²) in [6, 6.07) is 21.1. The lowest BCUT2D eigenvalue weighted by Crippen LogP contribution is -2.23. The van der Waals surface area contributed by atoms with Gasteiger partial charge in [-0.05, 0) is 91.4 Å². The van der Waals surface area contributed by atoms with Crippen molar-refractivity contribution >= 4 is 30.0 Å². The van der Waals surface area contributed by atoms with Crippen LogP contribution >= 0.6 is 0 Å². The van der Waals surface area contributed by atoms with Gasteiger partial charge in [-0.15, -0.1) is 0 Å². The lowest BCUT2D eigenvalue weighted by Gasteiger charge is -2.13. The lowest BCUT2D eigenvalue weighted by atomic mass is 10.1. The van der Waals surface area contributed by atoms with Crippen LogP contribution in [0.5, 0.6) is 28.7 Å². The number of halogens is 4. The highest BCUT2D eigenvalue weighted by Crippen LogP contribution is 2.33. The maximum atomic E-state index is 13.3. The quantitative estimate of drug-likeness (QED) is 0.0458. The van der Waals surface area contributed by atoms with Crippen molar-refractivity contribution < 1.29 is 60.4 Å². The molecular weight excluding hydrogens is 760 g/mol. The molecule has 13 heteroatoms. The zero-order chi connectivity index (χ0) is 42.4. The summed E-state index contributed by atoms with van der Waals surface area (Å²) in [4.78, 5) is 48.0. The fourth-order valence-electron chi connectivity index (χ4n) is 4.23. The zero-order valence-electron chi connectivity index (χ0n) is 30.5. The Morgan fingerprint density at radius 1 is 0.655 bits per heavy atom. The molecule has 0 saturated heterocycles. The van der Waals surface area contributed by atoms with Crippen molar-refractivity contribution in [3.8, 4) is 52.4 Å². The summed E-state index contributed by atoms with van der Waals surface area (Å²) < 4.78 is 79.2. The van der Waals surface area contributed by atoms with Gasteiger partial charge in [0, 0.05) is 28.3 Å². The van der Waals surface area contributed by atoms with Gasteiger partial charge in [0.25, 0.3) is 0 Å². The van der Waals surface area contributed by atoms with Crippen LogP contribution in [0.25, 0.3) is 6.08 Å². The van der Waals surface area contributed by atoms with E-state index >= 15 is 0 Å². The van der Waals surface area contributed by atoms with Gasteiger partial charge in [-0.3, -0.25) is 0 Å². The molecule has 58 heavy (non-hydrogen) atoms. The van der Waals surface area contributed by atoms with Crippen molar-refractivity contribution in [2.45, 2.75) is 13.1 Å². The monoisotopic (exact) mass is 790 g/mol. The number of rotatable bonds is 12. The third-order valence-electron chi connectivity index (χ3n) is 7.15. The van der Waals surface area contributed by atoms with Crippen LogP contribution in [0.3, 0.4) is 0 Å². The Kier molecular flexibility index (Phi) is 14.5. The van der Waals surface area contributed by atoms with E-state index in [1.807, 2.05) is 6.08 Å². The molecule has 4 aromatic carbocycles. The number of ether oxygens (including phenoxy) is 5. The molecule has 0 spiro atoms. The molecule has 0 unspecified atom stereocenters. The summed E-state index contributed by atoms with van der Waals surface area (Å²) in [7, 11) is 0. The van der Waals surface area contributed by atoms with E-state index in [1.165, 1.54) is 30.3 Å². The Bertz CT molecular complexity index is 2440. The van der Waals surface area contributed by atoms with E-state index < -0.39 is 47.2 Å². The van der Waals surface area contributed by atoms with Crippen LogP contribution in [0.2, 0.25) is 0 Å². The third kappa shape index (κ3) is 12.9. The van der Waals surface area contributed by atoms with Crippen LogP contribution < -0.4 is 23.7 Å². The maximum absolute atomic E-state index is 13.3. The highest BCUT2D eigenvalue weighted by Gasteiger charge is 2.38. The van der Waals surface area contributed by atoms with E-state index in [-0.39, 0.29) is 40.4 Å². The third-order valence-corrected chi connectivity index (χ3v) is 7.15. The normalized spacial score (nSPS) is 10.4. The van der Waals surface area contributed by atoms with Crippen LogP contribution in [0.15, 0.2) is 140 Å². The first-order valence-electron chi connectivity index (χ1n) is 16.6. The molecule has 0 aliphatic rings. The lowest BCUT2D eigenvalue weighted by molar-refractivity contribution is -0.142. The molecule has 0 saturated carbocycles. The molecule has 0 aliphatic carbocycles. The van der Waals surface area contributed by atoms with Crippen molar-refractivity contribution in [2.24, 2.45) is 0 Å². The summed E-state index contributed by atoms with van der Waals surface area (Å²) in [6.07, 6.45) is -0.703. The molecule has 9 nitrogen and oxygen atoms in total. The van der Waals surface area contributed by atoms with Gasteiger partial charge in [0.15, 0.2) is 11.5 Å². The Morgan fingerprint density at radius 2 is 1.16 bits per heavy atom. The van der Waals surface area contributed by atoms with Gasteiger partial charge in [0.1, 0.15) is 35.0 Å². The topological polar surface area (TPSA) is 114 Å². The average molecular weight is 791 g/mol. The van der Waals surface area contributed by atoms with E-state index in [9.17, 15) is 36.7 Å².